The van der Waals surface area contributed by atoms with E-state index in [2.05, 4.69) is 5.32 Å². The lowest BCUT2D eigenvalue weighted by atomic mass is 10.1. The van der Waals surface area contributed by atoms with Crippen molar-refractivity contribution in [3.8, 4) is 11.5 Å². The Morgan fingerprint density at radius 3 is 2.24 bits per heavy atom. The van der Waals surface area contributed by atoms with Gasteiger partial charge in [0.05, 0.1) is 31.7 Å². The van der Waals surface area contributed by atoms with Gasteiger partial charge in [-0.2, -0.15) is 0 Å². The van der Waals surface area contributed by atoms with Crippen molar-refractivity contribution in [2.24, 2.45) is 0 Å². The first-order valence-corrected chi connectivity index (χ1v) is 10.5. The monoisotopic (exact) mass is 466 g/mol. The highest BCUT2D eigenvalue weighted by atomic mass is 16.5. The molecule has 1 heterocycles. The van der Waals surface area contributed by atoms with Gasteiger partial charge in [-0.25, -0.2) is 4.79 Å². The number of amides is 2. The molecule has 0 unspecified atom stereocenters. The maximum Gasteiger partial charge on any atom is 0.340 e. The normalized spacial score (nSPS) is 10.5. The Balaban J connectivity index is 1.83. The van der Waals surface area contributed by atoms with Crippen molar-refractivity contribution >= 4 is 29.2 Å². The molecule has 0 atom stereocenters. The minimum Gasteiger partial charge on any atom is -0.493 e. The third-order valence-corrected chi connectivity index (χ3v) is 4.88. The van der Waals surface area contributed by atoms with E-state index in [1.807, 2.05) is 32.0 Å². The summed E-state index contributed by atoms with van der Waals surface area (Å²) in [5.74, 6) is -1.18. The number of nitrogens with one attached hydrogen (secondary N) is 1. The van der Waals surface area contributed by atoms with E-state index in [0.717, 1.165) is 0 Å². The number of anilines is 2. The molecule has 0 saturated carbocycles. The second kappa shape index (κ2) is 11.0. The van der Waals surface area contributed by atoms with Crippen LogP contribution in [0.15, 0.2) is 65.3 Å². The Hall–Kier alpha value is -4.27. The maximum atomic E-state index is 13.0. The second-order valence-electron chi connectivity index (χ2n) is 7.45. The van der Waals surface area contributed by atoms with E-state index in [0.29, 0.717) is 11.4 Å². The Kier molecular flexibility index (Phi) is 7.92. The number of carbonyl (C=O) groups is 3. The molecule has 0 saturated heterocycles. The van der Waals surface area contributed by atoms with E-state index in [1.165, 1.54) is 38.7 Å². The number of esters is 1. The summed E-state index contributed by atoms with van der Waals surface area (Å²) in [7, 11) is 2.84. The SMILES string of the molecule is COc1cc(NC(=O)c2ccco2)c(C(=O)OCC(=O)N(c2ccccc2)C(C)C)cc1OC. The fourth-order valence-electron chi connectivity index (χ4n) is 3.34. The van der Waals surface area contributed by atoms with Gasteiger partial charge in [-0.1, -0.05) is 18.2 Å². The van der Waals surface area contributed by atoms with Crippen LogP contribution in [0.2, 0.25) is 0 Å². The number of hydrogen-bond donors (Lipinski definition) is 1. The van der Waals surface area contributed by atoms with Crippen LogP contribution in [0.25, 0.3) is 0 Å². The van der Waals surface area contributed by atoms with Gasteiger partial charge in [-0.3, -0.25) is 9.59 Å². The molecule has 9 heteroatoms. The Labute approximate surface area is 197 Å². The van der Waals surface area contributed by atoms with Gasteiger partial charge in [0.2, 0.25) is 0 Å². The zero-order chi connectivity index (χ0) is 24.7. The lowest BCUT2D eigenvalue weighted by molar-refractivity contribution is -0.122. The number of para-hydroxylation sites is 1. The van der Waals surface area contributed by atoms with Crippen molar-refractivity contribution < 1.29 is 33.0 Å². The molecule has 1 aromatic heterocycles. The third kappa shape index (κ3) is 5.55. The lowest BCUT2D eigenvalue weighted by Gasteiger charge is -2.26. The zero-order valence-electron chi connectivity index (χ0n) is 19.4. The van der Waals surface area contributed by atoms with Gasteiger partial charge in [-0.05, 0) is 38.1 Å². The van der Waals surface area contributed by atoms with Crippen LogP contribution in [0, 0.1) is 0 Å². The predicted octanol–water partition coefficient (Wildman–Crippen LogP) is 4.15. The first kappa shape index (κ1) is 24.4. The molecular weight excluding hydrogens is 440 g/mol. The van der Waals surface area contributed by atoms with E-state index in [-0.39, 0.29) is 28.8 Å². The molecule has 178 valence electrons. The van der Waals surface area contributed by atoms with Crippen molar-refractivity contribution in [3.05, 3.63) is 72.2 Å². The lowest BCUT2D eigenvalue weighted by Crippen LogP contribution is -2.39. The van der Waals surface area contributed by atoms with E-state index in [9.17, 15) is 14.4 Å². The van der Waals surface area contributed by atoms with Crippen LogP contribution < -0.4 is 19.7 Å². The highest BCUT2D eigenvalue weighted by Gasteiger charge is 2.24. The van der Waals surface area contributed by atoms with Gasteiger partial charge in [0.1, 0.15) is 0 Å². The summed E-state index contributed by atoms with van der Waals surface area (Å²) in [6.45, 7) is 3.23. The topological polar surface area (TPSA) is 107 Å². The summed E-state index contributed by atoms with van der Waals surface area (Å²) in [6, 6.07) is 14.8. The van der Waals surface area contributed by atoms with Gasteiger partial charge in [0.15, 0.2) is 23.9 Å². The first-order chi connectivity index (χ1) is 16.3. The van der Waals surface area contributed by atoms with Crippen LogP contribution in [0.4, 0.5) is 11.4 Å². The molecule has 0 fully saturated rings. The molecule has 0 spiro atoms. The second-order valence-corrected chi connectivity index (χ2v) is 7.45. The first-order valence-electron chi connectivity index (χ1n) is 10.5. The number of nitrogens with zero attached hydrogens (tertiary/aromatic N) is 1. The molecule has 2 aromatic carbocycles. The number of rotatable bonds is 9. The third-order valence-electron chi connectivity index (χ3n) is 4.88. The van der Waals surface area contributed by atoms with Crippen molar-refractivity contribution in [2.45, 2.75) is 19.9 Å². The minimum absolute atomic E-state index is 0.0128. The molecule has 0 aliphatic heterocycles. The maximum absolute atomic E-state index is 13.0. The number of ether oxygens (including phenoxy) is 3. The Bertz CT molecular complexity index is 1140. The van der Waals surface area contributed by atoms with E-state index in [4.69, 9.17) is 18.6 Å². The molecular formula is C25H26N2O7. The highest BCUT2D eigenvalue weighted by Crippen LogP contribution is 2.34. The quantitative estimate of drug-likeness (QED) is 0.472. The van der Waals surface area contributed by atoms with E-state index in [1.54, 1.807) is 23.1 Å². The molecule has 3 rings (SSSR count). The van der Waals surface area contributed by atoms with Crippen LogP contribution in [0.5, 0.6) is 11.5 Å². The fourth-order valence-corrected chi connectivity index (χ4v) is 3.34. The van der Waals surface area contributed by atoms with Crippen LogP contribution in [-0.4, -0.2) is 44.7 Å². The van der Waals surface area contributed by atoms with Crippen molar-refractivity contribution in [1.29, 1.82) is 0 Å². The summed E-state index contributed by atoms with van der Waals surface area (Å²) in [4.78, 5) is 39.9. The number of methoxy groups -OCH3 is 2. The fraction of sp³-hybridized carbons (Fsp3) is 0.240. The average Bonchev–Trinajstić information content (AvgIpc) is 3.38. The molecule has 0 bridgehead atoms. The van der Waals surface area contributed by atoms with Gasteiger partial charge < -0.3 is 28.8 Å². The summed E-state index contributed by atoms with van der Waals surface area (Å²) in [5.41, 5.74) is 0.789. The molecule has 0 radical (unpaired) electrons. The average molecular weight is 466 g/mol. The van der Waals surface area contributed by atoms with Crippen molar-refractivity contribution in [1.82, 2.24) is 0 Å². The number of hydrogen-bond acceptors (Lipinski definition) is 7. The van der Waals surface area contributed by atoms with Crippen LogP contribution in [0.1, 0.15) is 34.8 Å². The Morgan fingerprint density at radius 1 is 0.971 bits per heavy atom. The van der Waals surface area contributed by atoms with Crippen LogP contribution in [0.3, 0.4) is 0 Å². The molecule has 1 N–H and O–H groups in total. The Morgan fingerprint density at radius 2 is 1.65 bits per heavy atom. The largest absolute Gasteiger partial charge is 0.493 e. The molecule has 3 aromatic rings. The van der Waals surface area contributed by atoms with Crippen molar-refractivity contribution in [2.75, 3.05) is 31.0 Å². The number of furan rings is 1. The molecule has 34 heavy (non-hydrogen) atoms. The van der Waals surface area contributed by atoms with Crippen LogP contribution in [-0.2, 0) is 9.53 Å². The summed E-state index contributed by atoms with van der Waals surface area (Å²) < 4.78 is 21.0. The van der Waals surface area contributed by atoms with Gasteiger partial charge in [0, 0.05) is 23.9 Å². The van der Waals surface area contributed by atoms with E-state index < -0.39 is 24.4 Å². The standard InChI is InChI=1S/C25H26N2O7/c1-16(2)27(17-9-6-5-7-10-17)23(28)15-34-25(30)18-13-21(31-3)22(32-4)14-19(18)26-24(29)20-11-8-12-33-20/h5-14,16H,15H2,1-4H3,(H,26,29). The summed E-state index contributed by atoms with van der Waals surface area (Å²) >= 11 is 0. The number of carbonyl (C=O) groups excluding carboxylic acids is 3. The number of benzene rings is 2. The summed E-state index contributed by atoms with van der Waals surface area (Å²) in [6.07, 6.45) is 1.36. The molecule has 9 nitrogen and oxygen atoms in total. The zero-order valence-corrected chi connectivity index (χ0v) is 19.4. The smallest absolute Gasteiger partial charge is 0.340 e. The predicted molar refractivity (Wildman–Crippen MR) is 126 cm³/mol. The molecule has 0 aliphatic rings. The molecule has 2 amide bonds. The van der Waals surface area contributed by atoms with Crippen LogP contribution >= 0.6 is 0 Å². The minimum atomic E-state index is -0.819. The molecule has 0 aliphatic carbocycles. The van der Waals surface area contributed by atoms with E-state index >= 15 is 0 Å². The summed E-state index contributed by atoms with van der Waals surface area (Å²) in [5, 5.41) is 2.61. The van der Waals surface area contributed by atoms with Gasteiger partial charge in [0.25, 0.3) is 11.8 Å². The van der Waals surface area contributed by atoms with Gasteiger partial charge in [-0.15, -0.1) is 0 Å². The highest BCUT2D eigenvalue weighted by molar-refractivity contribution is 6.07. The van der Waals surface area contributed by atoms with Gasteiger partial charge >= 0.3 is 5.97 Å². The van der Waals surface area contributed by atoms with Crippen molar-refractivity contribution in [3.63, 3.8) is 0 Å².